The SMILES string of the molecule is CC1(C)NCCN(C(=O)C2CCC2)C1=O. The Labute approximate surface area is 90.0 Å². The highest BCUT2D eigenvalue weighted by atomic mass is 16.2. The van der Waals surface area contributed by atoms with Crippen molar-refractivity contribution in [2.45, 2.75) is 38.6 Å². The highest BCUT2D eigenvalue weighted by Crippen LogP contribution is 2.29. The zero-order valence-electron chi connectivity index (χ0n) is 9.38. The third-order valence-corrected chi connectivity index (χ3v) is 3.40. The third-order valence-electron chi connectivity index (χ3n) is 3.40. The van der Waals surface area contributed by atoms with E-state index < -0.39 is 5.54 Å². The summed E-state index contributed by atoms with van der Waals surface area (Å²) in [5.41, 5.74) is -0.586. The second-order valence-electron chi connectivity index (χ2n) is 4.97. The molecule has 84 valence electrons. The van der Waals surface area contributed by atoms with Gasteiger partial charge in [-0.3, -0.25) is 14.5 Å². The minimum Gasteiger partial charge on any atom is -0.302 e. The molecule has 0 aromatic carbocycles. The lowest BCUT2D eigenvalue weighted by Crippen LogP contribution is -2.63. The van der Waals surface area contributed by atoms with Gasteiger partial charge in [0, 0.05) is 19.0 Å². The molecule has 4 heteroatoms. The van der Waals surface area contributed by atoms with Gasteiger partial charge >= 0.3 is 0 Å². The molecule has 1 saturated carbocycles. The monoisotopic (exact) mass is 210 g/mol. The summed E-state index contributed by atoms with van der Waals surface area (Å²) in [6.07, 6.45) is 3.03. The van der Waals surface area contributed by atoms with Crippen LogP contribution in [0.2, 0.25) is 0 Å². The first-order valence-corrected chi connectivity index (χ1v) is 5.63. The van der Waals surface area contributed by atoms with Gasteiger partial charge in [-0.1, -0.05) is 6.42 Å². The molecule has 0 unspecified atom stereocenters. The highest BCUT2D eigenvalue weighted by molar-refractivity contribution is 6.01. The maximum Gasteiger partial charge on any atom is 0.248 e. The van der Waals surface area contributed by atoms with Crippen LogP contribution in [0.25, 0.3) is 0 Å². The first-order valence-electron chi connectivity index (χ1n) is 5.63. The van der Waals surface area contributed by atoms with E-state index in [1.54, 1.807) is 0 Å². The lowest BCUT2D eigenvalue weighted by molar-refractivity contribution is -0.154. The summed E-state index contributed by atoms with van der Waals surface area (Å²) in [5, 5.41) is 3.12. The van der Waals surface area contributed by atoms with Crippen LogP contribution in [0, 0.1) is 5.92 Å². The van der Waals surface area contributed by atoms with Gasteiger partial charge in [0.1, 0.15) is 0 Å². The Kier molecular flexibility index (Phi) is 2.54. The Bertz CT molecular complexity index is 295. The van der Waals surface area contributed by atoms with E-state index in [-0.39, 0.29) is 17.7 Å². The third kappa shape index (κ3) is 1.78. The number of nitrogens with one attached hydrogen (secondary N) is 1. The van der Waals surface area contributed by atoms with Gasteiger partial charge in [-0.15, -0.1) is 0 Å². The zero-order chi connectivity index (χ0) is 11.1. The lowest BCUT2D eigenvalue weighted by atomic mass is 9.83. The standard InChI is InChI=1S/C11H18N2O2/c1-11(2)10(15)13(7-6-12-11)9(14)8-4-3-5-8/h8,12H,3-7H2,1-2H3. The van der Waals surface area contributed by atoms with Crippen LogP contribution >= 0.6 is 0 Å². The van der Waals surface area contributed by atoms with E-state index in [9.17, 15) is 9.59 Å². The van der Waals surface area contributed by atoms with Crippen LogP contribution in [0.15, 0.2) is 0 Å². The summed E-state index contributed by atoms with van der Waals surface area (Å²) >= 11 is 0. The van der Waals surface area contributed by atoms with Gasteiger partial charge in [-0.2, -0.15) is 0 Å². The molecule has 0 aromatic rings. The first kappa shape index (κ1) is 10.6. The van der Waals surface area contributed by atoms with Crippen molar-refractivity contribution in [3.8, 4) is 0 Å². The quantitative estimate of drug-likeness (QED) is 0.642. The predicted molar refractivity (Wildman–Crippen MR) is 56.1 cm³/mol. The van der Waals surface area contributed by atoms with E-state index >= 15 is 0 Å². The first-order chi connectivity index (χ1) is 7.02. The molecule has 0 bridgehead atoms. The van der Waals surface area contributed by atoms with Crippen LogP contribution in [-0.2, 0) is 9.59 Å². The highest BCUT2D eigenvalue weighted by Gasteiger charge is 2.41. The van der Waals surface area contributed by atoms with E-state index in [1.165, 1.54) is 4.90 Å². The summed E-state index contributed by atoms with van der Waals surface area (Å²) in [6, 6.07) is 0. The van der Waals surface area contributed by atoms with Gasteiger partial charge in [0.15, 0.2) is 0 Å². The van der Waals surface area contributed by atoms with E-state index in [0.717, 1.165) is 19.3 Å². The second kappa shape index (κ2) is 3.59. The van der Waals surface area contributed by atoms with Crippen molar-refractivity contribution in [1.82, 2.24) is 10.2 Å². The summed E-state index contributed by atoms with van der Waals surface area (Å²) in [4.78, 5) is 25.4. The summed E-state index contributed by atoms with van der Waals surface area (Å²) in [6.45, 7) is 4.89. The fraction of sp³-hybridized carbons (Fsp3) is 0.818. The number of rotatable bonds is 1. The average molecular weight is 210 g/mol. The molecule has 1 aliphatic carbocycles. The van der Waals surface area contributed by atoms with Gasteiger partial charge in [0.25, 0.3) is 0 Å². The van der Waals surface area contributed by atoms with Crippen molar-refractivity contribution in [2.24, 2.45) is 5.92 Å². The maximum absolute atomic E-state index is 12.0. The average Bonchev–Trinajstić information content (AvgIpc) is 2.06. The van der Waals surface area contributed by atoms with Crippen LogP contribution < -0.4 is 5.32 Å². The molecular formula is C11H18N2O2. The van der Waals surface area contributed by atoms with Gasteiger partial charge in [0.05, 0.1) is 5.54 Å². The molecule has 15 heavy (non-hydrogen) atoms. The molecule has 2 fully saturated rings. The van der Waals surface area contributed by atoms with Gasteiger partial charge in [-0.25, -0.2) is 0 Å². The molecule has 0 spiro atoms. The number of hydrogen-bond donors (Lipinski definition) is 1. The molecule has 1 N–H and O–H groups in total. The zero-order valence-corrected chi connectivity index (χ0v) is 9.38. The van der Waals surface area contributed by atoms with E-state index in [2.05, 4.69) is 5.32 Å². The molecule has 4 nitrogen and oxygen atoms in total. The normalized spacial score (nSPS) is 26.3. The van der Waals surface area contributed by atoms with Crippen molar-refractivity contribution in [3.63, 3.8) is 0 Å². The molecule has 1 saturated heterocycles. The van der Waals surface area contributed by atoms with Crippen LogP contribution in [0.4, 0.5) is 0 Å². The van der Waals surface area contributed by atoms with Crippen molar-refractivity contribution in [3.05, 3.63) is 0 Å². The molecule has 1 heterocycles. The number of carbonyl (C=O) groups is 2. The molecular weight excluding hydrogens is 192 g/mol. The fourth-order valence-corrected chi connectivity index (χ4v) is 2.08. The molecule has 1 aliphatic heterocycles. The minimum absolute atomic E-state index is 0.0424. The van der Waals surface area contributed by atoms with E-state index in [4.69, 9.17) is 0 Å². The van der Waals surface area contributed by atoms with Crippen molar-refractivity contribution >= 4 is 11.8 Å². The van der Waals surface area contributed by atoms with Crippen molar-refractivity contribution < 1.29 is 9.59 Å². The number of piperazine rings is 1. The van der Waals surface area contributed by atoms with Gasteiger partial charge in [-0.05, 0) is 26.7 Å². The molecule has 0 atom stereocenters. The second-order valence-corrected chi connectivity index (χ2v) is 4.97. The molecule has 2 amide bonds. The number of imide groups is 1. The summed E-state index contributed by atoms with van der Waals surface area (Å²) in [7, 11) is 0. The number of carbonyl (C=O) groups excluding carboxylic acids is 2. The molecule has 2 aliphatic rings. The number of amides is 2. The van der Waals surface area contributed by atoms with Crippen molar-refractivity contribution in [2.75, 3.05) is 13.1 Å². The Morgan fingerprint density at radius 1 is 1.47 bits per heavy atom. The van der Waals surface area contributed by atoms with Gasteiger partial charge < -0.3 is 5.32 Å². The summed E-state index contributed by atoms with van der Waals surface area (Å²) < 4.78 is 0. The molecule has 0 aromatic heterocycles. The Hall–Kier alpha value is -0.900. The molecule has 0 radical (unpaired) electrons. The smallest absolute Gasteiger partial charge is 0.248 e. The maximum atomic E-state index is 12.0. The van der Waals surface area contributed by atoms with Crippen LogP contribution in [-0.4, -0.2) is 35.3 Å². The summed E-state index contributed by atoms with van der Waals surface area (Å²) in [5.74, 6) is 0.0781. The Balaban J connectivity index is 2.07. The Morgan fingerprint density at radius 3 is 2.67 bits per heavy atom. The minimum atomic E-state index is -0.586. The number of nitrogens with zero attached hydrogens (tertiary/aromatic N) is 1. The van der Waals surface area contributed by atoms with E-state index in [0.29, 0.717) is 13.1 Å². The van der Waals surface area contributed by atoms with E-state index in [1.807, 2.05) is 13.8 Å². The topological polar surface area (TPSA) is 49.4 Å². The van der Waals surface area contributed by atoms with Crippen LogP contribution in [0.3, 0.4) is 0 Å². The van der Waals surface area contributed by atoms with Crippen LogP contribution in [0.1, 0.15) is 33.1 Å². The fourth-order valence-electron chi connectivity index (χ4n) is 2.08. The van der Waals surface area contributed by atoms with Crippen molar-refractivity contribution in [1.29, 1.82) is 0 Å². The van der Waals surface area contributed by atoms with Crippen LogP contribution in [0.5, 0.6) is 0 Å². The van der Waals surface area contributed by atoms with Gasteiger partial charge in [0.2, 0.25) is 11.8 Å². The predicted octanol–water partition coefficient (Wildman–Crippen LogP) is 0.523. The largest absolute Gasteiger partial charge is 0.302 e. The number of hydrogen-bond acceptors (Lipinski definition) is 3. The lowest BCUT2D eigenvalue weighted by Gasteiger charge is -2.39. The molecule has 2 rings (SSSR count). The Morgan fingerprint density at radius 2 is 2.13 bits per heavy atom.